The predicted molar refractivity (Wildman–Crippen MR) is 128 cm³/mol. The van der Waals surface area contributed by atoms with Gasteiger partial charge in [0.15, 0.2) is 5.78 Å². The molecule has 1 N–H and O–H groups in total. The van der Waals surface area contributed by atoms with E-state index >= 15 is 0 Å². The van der Waals surface area contributed by atoms with Crippen LogP contribution >= 0.6 is 0 Å². The lowest BCUT2D eigenvalue weighted by Crippen LogP contribution is -2.16. The highest BCUT2D eigenvalue weighted by Gasteiger charge is 2.19. The van der Waals surface area contributed by atoms with Gasteiger partial charge in [0, 0.05) is 17.3 Å². The maximum atomic E-state index is 13.0. The molecule has 0 aliphatic rings. The van der Waals surface area contributed by atoms with Crippen LogP contribution < -0.4 is 5.32 Å². The standard InChI is InChI=1S/C27H23N3O4/c1-18-11-13-19(14-12-18)25(31)23-9-5-6-10-24(23)26(32)29-21-15-28-30(17-21)16-20-7-3-4-8-22(20)27(33)34-2/h3-15,17H,16H2,1-2H3,(H,29,32). The van der Waals surface area contributed by atoms with E-state index in [1.165, 1.54) is 13.3 Å². The van der Waals surface area contributed by atoms with Crippen molar-refractivity contribution in [2.24, 2.45) is 0 Å². The number of carbonyl (C=O) groups excluding carboxylic acids is 3. The van der Waals surface area contributed by atoms with Crippen LogP contribution in [0.2, 0.25) is 0 Å². The SMILES string of the molecule is COC(=O)c1ccccc1Cn1cc(NC(=O)c2ccccc2C(=O)c2ccc(C)cc2)cn1. The number of anilines is 1. The van der Waals surface area contributed by atoms with E-state index in [4.69, 9.17) is 4.74 Å². The lowest BCUT2D eigenvalue weighted by Gasteiger charge is -2.09. The number of nitrogens with zero attached hydrogens (tertiary/aromatic N) is 2. The first-order valence-electron chi connectivity index (χ1n) is 10.7. The summed E-state index contributed by atoms with van der Waals surface area (Å²) in [6, 6.07) is 21.0. The zero-order valence-corrected chi connectivity index (χ0v) is 18.8. The minimum absolute atomic E-state index is 0.221. The third-order valence-corrected chi connectivity index (χ3v) is 5.38. The Balaban J connectivity index is 1.52. The fourth-order valence-electron chi connectivity index (χ4n) is 3.59. The summed E-state index contributed by atoms with van der Waals surface area (Å²) in [5.41, 5.74) is 3.83. The number of hydrogen-bond acceptors (Lipinski definition) is 5. The van der Waals surface area contributed by atoms with Gasteiger partial charge in [-0.1, -0.05) is 66.2 Å². The van der Waals surface area contributed by atoms with Crippen LogP contribution in [-0.4, -0.2) is 34.6 Å². The van der Waals surface area contributed by atoms with Crippen LogP contribution in [0, 0.1) is 6.92 Å². The summed E-state index contributed by atoms with van der Waals surface area (Å²) in [7, 11) is 1.34. The molecule has 1 amide bonds. The van der Waals surface area contributed by atoms with Gasteiger partial charge in [0.25, 0.3) is 5.91 Å². The van der Waals surface area contributed by atoms with Crippen molar-refractivity contribution >= 4 is 23.3 Å². The Labute approximate surface area is 197 Å². The summed E-state index contributed by atoms with van der Waals surface area (Å²) in [4.78, 5) is 38.0. The molecule has 7 nitrogen and oxygen atoms in total. The molecule has 0 aliphatic heterocycles. The molecule has 0 bridgehead atoms. The van der Waals surface area contributed by atoms with Crippen molar-refractivity contribution in [3.05, 3.63) is 119 Å². The summed E-state index contributed by atoms with van der Waals surface area (Å²) in [6.07, 6.45) is 3.18. The lowest BCUT2D eigenvalue weighted by atomic mass is 9.97. The number of ether oxygens (including phenoxy) is 1. The number of aromatic nitrogens is 2. The van der Waals surface area contributed by atoms with Gasteiger partial charge in [0.05, 0.1) is 36.7 Å². The fourth-order valence-corrected chi connectivity index (χ4v) is 3.59. The van der Waals surface area contributed by atoms with Crippen LogP contribution in [0.4, 0.5) is 5.69 Å². The Bertz CT molecular complexity index is 1360. The molecule has 4 aromatic rings. The highest BCUT2D eigenvalue weighted by Crippen LogP contribution is 2.18. The molecule has 34 heavy (non-hydrogen) atoms. The topological polar surface area (TPSA) is 90.3 Å². The van der Waals surface area contributed by atoms with Crippen LogP contribution in [-0.2, 0) is 11.3 Å². The normalized spacial score (nSPS) is 10.5. The summed E-state index contributed by atoms with van der Waals surface area (Å²) in [5, 5.41) is 7.08. The van der Waals surface area contributed by atoms with Crippen molar-refractivity contribution in [3.63, 3.8) is 0 Å². The number of amides is 1. The number of esters is 1. The third kappa shape index (κ3) is 4.94. The molecule has 0 saturated heterocycles. The van der Waals surface area contributed by atoms with Crippen molar-refractivity contribution in [2.45, 2.75) is 13.5 Å². The number of methoxy groups -OCH3 is 1. The first-order chi connectivity index (χ1) is 16.5. The fraction of sp³-hybridized carbons (Fsp3) is 0.111. The highest BCUT2D eigenvalue weighted by atomic mass is 16.5. The largest absolute Gasteiger partial charge is 0.465 e. The second kappa shape index (κ2) is 9.95. The van der Waals surface area contributed by atoms with Gasteiger partial charge in [0.2, 0.25) is 0 Å². The maximum Gasteiger partial charge on any atom is 0.338 e. The number of rotatable bonds is 7. The monoisotopic (exact) mass is 453 g/mol. The minimum Gasteiger partial charge on any atom is -0.465 e. The molecule has 1 aromatic heterocycles. The van der Waals surface area contributed by atoms with Crippen LogP contribution in [0.25, 0.3) is 0 Å². The summed E-state index contributed by atoms with van der Waals surface area (Å²) < 4.78 is 6.45. The van der Waals surface area contributed by atoms with Crippen LogP contribution in [0.3, 0.4) is 0 Å². The minimum atomic E-state index is -0.425. The molecule has 1 heterocycles. The van der Waals surface area contributed by atoms with Crippen molar-refractivity contribution < 1.29 is 19.1 Å². The van der Waals surface area contributed by atoms with Gasteiger partial charge in [-0.2, -0.15) is 5.10 Å². The van der Waals surface area contributed by atoms with Gasteiger partial charge >= 0.3 is 5.97 Å². The Morgan fingerprint density at radius 3 is 2.24 bits per heavy atom. The molecule has 3 aromatic carbocycles. The van der Waals surface area contributed by atoms with E-state index in [1.54, 1.807) is 59.4 Å². The quantitative estimate of drug-likeness (QED) is 0.328. The zero-order chi connectivity index (χ0) is 24.1. The molecular weight excluding hydrogens is 430 g/mol. The van der Waals surface area contributed by atoms with Gasteiger partial charge in [0.1, 0.15) is 0 Å². The summed E-state index contributed by atoms with van der Waals surface area (Å²) in [5.74, 6) is -1.06. The first kappa shape index (κ1) is 22.7. The van der Waals surface area contributed by atoms with Crippen LogP contribution in [0.1, 0.15) is 47.8 Å². The molecule has 0 aliphatic carbocycles. The number of carbonyl (C=O) groups is 3. The average Bonchev–Trinajstić information content (AvgIpc) is 3.30. The third-order valence-electron chi connectivity index (χ3n) is 5.38. The molecule has 0 saturated carbocycles. The average molecular weight is 453 g/mol. The first-order valence-corrected chi connectivity index (χ1v) is 10.7. The molecule has 0 fully saturated rings. The van der Waals surface area contributed by atoms with Gasteiger partial charge in [-0.3, -0.25) is 14.3 Å². The van der Waals surface area contributed by atoms with Gasteiger partial charge in [-0.15, -0.1) is 0 Å². The Hall–Kier alpha value is -4.52. The van der Waals surface area contributed by atoms with Crippen molar-refractivity contribution in [1.82, 2.24) is 9.78 Å². The molecule has 0 atom stereocenters. The molecule has 0 radical (unpaired) electrons. The second-order valence-electron chi connectivity index (χ2n) is 7.77. The Morgan fingerprint density at radius 1 is 0.882 bits per heavy atom. The summed E-state index contributed by atoms with van der Waals surface area (Å²) in [6.45, 7) is 2.27. The van der Waals surface area contributed by atoms with Crippen molar-refractivity contribution in [2.75, 3.05) is 12.4 Å². The Morgan fingerprint density at radius 2 is 1.53 bits per heavy atom. The lowest BCUT2D eigenvalue weighted by molar-refractivity contribution is 0.0599. The number of benzene rings is 3. The van der Waals surface area contributed by atoms with Gasteiger partial charge < -0.3 is 10.1 Å². The van der Waals surface area contributed by atoms with Crippen LogP contribution in [0.5, 0.6) is 0 Å². The molecule has 4 rings (SSSR count). The van der Waals surface area contributed by atoms with Crippen molar-refractivity contribution in [1.29, 1.82) is 0 Å². The number of nitrogens with one attached hydrogen (secondary N) is 1. The molecule has 0 unspecified atom stereocenters. The van der Waals surface area contributed by atoms with E-state index in [0.29, 0.717) is 28.9 Å². The maximum absolute atomic E-state index is 13.0. The van der Waals surface area contributed by atoms with Crippen LogP contribution in [0.15, 0.2) is 85.2 Å². The number of aryl methyl sites for hydroxylation is 1. The van der Waals surface area contributed by atoms with Crippen molar-refractivity contribution in [3.8, 4) is 0 Å². The molecular formula is C27H23N3O4. The number of ketones is 1. The van der Waals surface area contributed by atoms with E-state index in [9.17, 15) is 14.4 Å². The van der Waals surface area contributed by atoms with E-state index in [0.717, 1.165) is 11.1 Å². The van der Waals surface area contributed by atoms with E-state index in [1.807, 2.05) is 31.2 Å². The predicted octanol–water partition coefficient (Wildman–Crippen LogP) is 4.51. The van der Waals surface area contributed by atoms with E-state index in [-0.39, 0.29) is 11.3 Å². The zero-order valence-electron chi connectivity index (χ0n) is 18.8. The highest BCUT2D eigenvalue weighted by molar-refractivity contribution is 6.17. The Kier molecular flexibility index (Phi) is 6.64. The van der Waals surface area contributed by atoms with Gasteiger partial charge in [-0.05, 0) is 24.6 Å². The van der Waals surface area contributed by atoms with E-state index in [2.05, 4.69) is 10.4 Å². The molecule has 170 valence electrons. The summed E-state index contributed by atoms with van der Waals surface area (Å²) >= 11 is 0. The van der Waals surface area contributed by atoms with Gasteiger partial charge in [-0.25, -0.2) is 4.79 Å². The van der Waals surface area contributed by atoms with E-state index < -0.39 is 11.9 Å². The molecule has 7 heteroatoms. The smallest absolute Gasteiger partial charge is 0.338 e. The number of hydrogen-bond donors (Lipinski definition) is 1. The molecule has 0 spiro atoms. The second-order valence-corrected chi connectivity index (χ2v) is 7.77.